The highest BCUT2D eigenvalue weighted by molar-refractivity contribution is 5.92. The predicted molar refractivity (Wildman–Crippen MR) is 105 cm³/mol. The van der Waals surface area contributed by atoms with E-state index in [-0.39, 0.29) is 64.4 Å². The molecule has 6 rings (SSSR count). The van der Waals surface area contributed by atoms with Crippen LogP contribution in [0.4, 0.5) is 0 Å². The first kappa shape index (κ1) is 19.0. The number of hydrogen-bond acceptors (Lipinski definition) is 6. The van der Waals surface area contributed by atoms with E-state index in [9.17, 15) is 14.4 Å². The maximum absolute atomic E-state index is 13.0. The number of carbonyl (C=O) groups excluding carboxylic acids is 3. The number of allylic oxidation sites excluding steroid dienone is 1. The van der Waals surface area contributed by atoms with Gasteiger partial charge in [0, 0.05) is 24.2 Å². The molecule has 0 bridgehead atoms. The number of hydrogen-bond donors (Lipinski definition) is 0. The lowest BCUT2D eigenvalue weighted by atomic mass is 9.44. The first-order valence-corrected chi connectivity index (χ1v) is 11.4. The van der Waals surface area contributed by atoms with Crippen LogP contribution in [0.15, 0.2) is 11.6 Å². The molecule has 0 aromatic carbocycles. The molecular weight excluding hydrogens is 384 g/mol. The largest absolute Gasteiger partial charge is 0.469 e. The fourth-order valence-corrected chi connectivity index (χ4v) is 8.62. The molecule has 6 heteroatoms. The fourth-order valence-electron chi connectivity index (χ4n) is 8.62. The number of epoxide rings is 1. The van der Waals surface area contributed by atoms with Crippen molar-refractivity contribution in [3.05, 3.63) is 11.6 Å². The Kier molecular flexibility index (Phi) is 3.65. The summed E-state index contributed by atoms with van der Waals surface area (Å²) in [6.07, 6.45) is 6.91. The molecule has 6 nitrogen and oxygen atoms in total. The van der Waals surface area contributed by atoms with Gasteiger partial charge in [-0.1, -0.05) is 19.4 Å². The van der Waals surface area contributed by atoms with E-state index in [1.807, 2.05) is 0 Å². The number of esters is 2. The Hall–Kier alpha value is -1.69. The summed E-state index contributed by atoms with van der Waals surface area (Å²) in [6.45, 7) is 4.52. The van der Waals surface area contributed by atoms with Gasteiger partial charge in [-0.05, 0) is 55.4 Å². The molecule has 6 aliphatic rings. The van der Waals surface area contributed by atoms with Crippen LogP contribution < -0.4 is 0 Å². The molecule has 2 saturated heterocycles. The van der Waals surface area contributed by atoms with Crippen LogP contribution in [0.5, 0.6) is 0 Å². The average molecular weight is 414 g/mol. The van der Waals surface area contributed by atoms with Gasteiger partial charge in [-0.3, -0.25) is 14.4 Å². The Balaban J connectivity index is 1.48. The minimum absolute atomic E-state index is 0.0552. The van der Waals surface area contributed by atoms with Gasteiger partial charge in [0.2, 0.25) is 0 Å². The van der Waals surface area contributed by atoms with E-state index in [0.717, 1.165) is 31.3 Å². The molecule has 162 valence electrons. The zero-order valence-corrected chi connectivity index (χ0v) is 17.9. The SMILES string of the molecule is COC(=O)C1CC2=CC(=O)CC[C@]2(C)C2C1C1CC[C@@]3(CCC(=O)O3)[C@@]1(C)[C@H]1O[C@@H]21. The minimum Gasteiger partial charge on any atom is -0.469 e. The van der Waals surface area contributed by atoms with E-state index in [1.165, 1.54) is 7.11 Å². The summed E-state index contributed by atoms with van der Waals surface area (Å²) < 4.78 is 17.7. The van der Waals surface area contributed by atoms with Crippen molar-refractivity contribution in [3.8, 4) is 0 Å². The monoisotopic (exact) mass is 414 g/mol. The second-order valence-electron chi connectivity index (χ2n) is 10.9. The van der Waals surface area contributed by atoms with Gasteiger partial charge >= 0.3 is 11.9 Å². The summed E-state index contributed by atoms with van der Waals surface area (Å²) in [5.41, 5.74) is 0.262. The van der Waals surface area contributed by atoms with Gasteiger partial charge in [0.05, 0.1) is 25.2 Å². The number of carbonyl (C=O) groups is 3. The molecule has 0 aromatic heterocycles. The molecule has 0 radical (unpaired) electrons. The normalized spacial score (nSPS) is 53.2. The fraction of sp³-hybridized carbons (Fsp3) is 0.792. The summed E-state index contributed by atoms with van der Waals surface area (Å²) in [5, 5.41) is 0. The molecule has 3 saturated carbocycles. The Morgan fingerprint density at radius 3 is 2.67 bits per heavy atom. The van der Waals surface area contributed by atoms with Crippen molar-refractivity contribution in [3.63, 3.8) is 0 Å². The highest BCUT2D eigenvalue weighted by atomic mass is 16.6. The van der Waals surface area contributed by atoms with Crippen LogP contribution in [0.3, 0.4) is 0 Å². The molecule has 2 heterocycles. The van der Waals surface area contributed by atoms with E-state index in [4.69, 9.17) is 14.2 Å². The smallest absolute Gasteiger partial charge is 0.309 e. The Labute approximate surface area is 176 Å². The van der Waals surface area contributed by atoms with Crippen LogP contribution >= 0.6 is 0 Å². The van der Waals surface area contributed by atoms with Gasteiger partial charge < -0.3 is 14.2 Å². The van der Waals surface area contributed by atoms with Crippen molar-refractivity contribution >= 4 is 17.7 Å². The van der Waals surface area contributed by atoms with Gasteiger partial charge in [0.15, 0.2) is 5.78 Å². The van der Waals surface area contributed by atoms with Gasteiger partial charge in [0.25, 0.3) is 0 Å². The highest BCUT2D eigenvalue weighted by Crippen LogP contribution is 2.75. The van der Waals surface area contributed by atoms with Gasteiger partial charge in [-0.25, -0.2) is 0 Å². The first-order chi connectivity index (χ1) is 14.2. The van der Waals surface area contributed by atoms with Crippen molar-refractivity contribution in [2.24, 2.45) is 34.5 Å². The number of fused-ring (bicyclic) bond motifs is 9. The first-order valence-electron chi connectivity index (χ1n) is 11.4. The zero-order chi connectivity index (χ0) is 21.1. The van der Waals surface area contributed by atoms with Crippen LogP contribution in [0, 0.1) is 34.5 Å². The number of ketones is 1. The van der Waals surface area contributed by atoms with Gasteiger partial charge in [0.1, 0.15) is 5.60 Å². The minimum atomic E-state index is -0.459. The highest BCUT2D eigenvalue weighted by Gasteiger charge is 2.79. The predicted octanol–water partition coefficient (Wildman–Crippen LogP) is 2.98. The standard InChI is InChI=1S/C24H30O6/c1-22-7-4-13(25)10-12(22)11-14(21(27)28-3)17-15-5-8-24(9-6-16(26)30-24)23(15,2)20-19(29-20)18(17)22/h10,14-15,17-20H,4-9,11H2,1-3H3/t14?,15?,17?,18?,19-,20-,22-,23+,24+/m0/s1. The van der Waals surface area contributed by atoms with Crippen molar-refractivity contribution in [2.45, 2.75) is 76.6 Å². The van der Waals surface area contributed by atoms with Crippen LogP contribution in [0.25, 0.3) is 0 Å². The quantitative estimate of drug-likeness (QED) is 0.485. The molecule has 0 amide bonds. The van der Waals surface area contributed by atoms with E-state index < -0.39 is 5.60 Å². The van der Waals surface area contributed by atoms with Crippen LogP contribution in [-0.2, 0) is 28.6 Å². The Bertz CT molecular complexity index is 892. The molecule has 0 aromatic rings. The molecule has 4 unspecified atom stereocenters. The molecular formula is C24H30O6. The molecule has 30 heavy (non-hydrogen) atoms. The second kappa shape index (κ2) is 5.76. The second-order valence-corrected chi connectivity index (χ2v) is 10.9. The maximum Gasteiger partial charge on any atom is 0.309 e. The third kappa shape index (κ3) is 2.07. The van der Waals surface area contributed by atoms with Crippen LogP contribution in [-0.4, -0.2) is 42.6 Å². The molecule has 9 atom stereocenters. The van der Waals surface area contributed by atoms with Crippen molar-refractivity contribution in [1.29, 1.82) is 0 Å². The van der Waals surface area contributed by atoms with E-state index in [0.29, 0.717) is 19.3 Å². The molecule has 2 aliphatic heterocycles. The number of ether oxygens (including phenoxy) is 3. The van der Waals surface area contributed by atoms with Crippen molar-refractivity contribution in [2.75, 3.05) is 7.11 Å². The zero-order valence-electron chi connectivity index (χ0n) is 17.9. The van der Waals surface area contributed by atoms with Crippen LogP contribution in [0.1, 0.15) is 58.8 Å². The van der Waals surface area contributed by atoms with Crippen molar-refractivity contribution in [1.82, 2.24) is 0 Å². The van der Waals surface area contributed by atoms with Crippen LogP contribution in [0.2, 0.25) is 0 Å². The van der Waals surface area contributed by atoms with Crippen molar-refractivity contribution < 1.29 is 28.6 Å². The third-order valence-corrected chi connectivity index (χ3v) is 10.1. The molecule has 0 N–H and O–H groups in total. The van der Waals surface area contributed by atoms with Gasteiger partial charge in [-0.2, -0.15) is 0 Å². The van der Waals surface area contributed by atoms with E-state index in [1.54, 1.807) is 6.08 Å². The molecule has 5 fully saturated rings. The summed E-state index contributed by atoms with van der Waals surface area (Å²) in [7, 11) is 1.46. The van der Waals surface area contributed by atoms with Gasteiger partial charge in [-0.15, -0.1) is 0 Å². The Morgan fingerprint density at radius 1 is 1.17 bits per heavy atom. The van der Waals surface area contributed by atoms with E-state index >= 15 is 0 Å². The third-order valence-electron chi connectivity index (χ3n) is 10.1. The lowest BCUT2D eigenvalue weighted by Gasteiger charge is -2.58. The Morgan fingerprint density at radius 2 is 1.97 bits per heavy atom. The summed E-state index contributed by atoms with van der Waals surface area (Å²) in [4.78, 5) is 37.4. The molecule has 4 aliphatic carbocycles. The topological polar surface area (TPSA) is 82.2 Å². The average Bonchev–Trinajstić information content (AvgIpc) is 3.35. The lowest BCUT2D eigenvalue weighted by Crippen LogP contribution is -2.61. The summed E-state index contributed by atoms with van der Waals surface area (Å²) in [6, 6.07) is 0. The molecule has 1 spiro atoms. The summed E-state index contributed by atoms with van der Waals surface area (Å²) >= 11 is 0. The van der Waals surface area contributed by atoms with E-state index in [2.05, 4.69) is 13.8 Å². The number of methoxy groups -OCH3 is 1. The summed E-state index contributed by atoms with van der Waals surface area (Å²) in [5.74, 6) is 0.176. The lowest BCUT2D eigenvalue weighted by molar-refractivity contribution is -0.172. The maximum atomic E-state index is 13.0. The number of rotatable bonds is 1.